The lowest BCUT2D eigenvalue weighted by atomic mass is 9.77. The van der Waals surface area contributed by atoms with Crippen LogP contribution < -0.4 is 11.1 Å². The molecule has 102 valence electrons. The second kappa shape index (κ2) is 5.06. The molecule has 0 saturated heterocycles. The number of carbonyl (C=O) groups is 1. The van der Waals surface area contributed by atoms with Crippen LogP contribution in [0.5, 0.6) is 0 Å². The van der Waals surface area contributed by atoms with E-state index in [0.29, 0.717) is 11.3 Å². The molecule has 0 saturated carbocycles. The zero-order valence-corrected chi connectivity index (χ0v) is 10.9. The molecular formula is C16H15FN2O. The van der Waals surface area contributed by atoms with Gasteiger partial charge in [0.2, 0.25) is 5.91 Å². The highest BCUT2D eigenvalue weighted by Gasteiger charge is 2.31. The maximum absolute atomic E-state index is 13.3. The van der Waals surface area contributed by atoms with Crippen molar-refractivity contribution in [1.82, 2.24) is 0 Å². The van der Waals surface area contributed by atoms with Crippen molar-refractivity contribution >= 4 is 11.6 Å². The summed E-state index contributed by atoms with van der Waals surface area (Å²) in [5.41, 5.74) is 8.73. The van der Waals surface area contributed by atoms with Crippen molar-refractivity contribution in [1.29, 1.82) is 0 Å². The minimum Gasteiger partial charge on any atom is -0.326 e. The van der Waals surface area contributed by atoms with Crippen molar-refractivity contribution in [2.75, 3.05) is 5.32 Å². The average Bonchev–Trinajstić information content (AvgIpc) is 2.42. The van der Waals surface area contributed by atoms with Gasteiger partial charge in [-0.3, -0.25) is 4.79 Å². The highest BCUT2D eigenvalue weighted by atomic mass is 19.1. The maximum atomic E-state index is 13.3. The summed E-state index contributed by atoms with van der Waals surface area (Å²) >= 11 is 0. The van der Waals surface area contributed by atoms with Crippen molar-refractivity contribution < 1.29 is 9.18 Å². The summed E-state index contributed by atoms with van der Waals surface area (Å²) in [5.74, 6) is -0.518. The predicted octanol–water partition coefficient (Wildman–Crippen LogP) is 2.56. The summed E-state index contributed by atoms with van der Waals surface area (Å²) in [6.07, 6.45) is 0.757. The van der Waals surface area contributed by atoms with Crippen LogP contribution in [0.2, 0.25) is 0 Å². The van der Waals surface area contributed by atoms with Crippen LogP contribution in [0.4, 0.5) is 10.1 Å². The summed E-state index contributed by atoms with van der Waals surface area (Å²) < 4.78 is 13.3. The number of fused-ring (bicyclic) bond motifs is 1. The van der Waals surface area contributed by atoms with Gasteiger partial charge < -0.3 is 11.1 Å². The van der Waals surface area contributed by atoms with Crippen LogP contribution in [-0.4, -0.2) is 5.91 Å². The van der Waals surface area contributed by atoms with Gasteiger partial charge in [-0.05, 0) is 35.7 Å². The zero-order valence-electron chi connectivity index (χ0n) is 10.9. The molecule has 0 bridgehead atoms. The normalized spacial score (nSPS) is 16.2. The molecule has 20 heavy (non-hydrogen) atoms. The first-order valence-electron chi connectivity index (χ1n) is 6.56. The number of nitrogens with two attached hydrogens (primary N) is 1. The Labute approximate surface area is 116 Å². The largest absolute Gasteiger partial charge is 0.326 e. The van der Waals surface area contributed by atoms with Gasteiger partial charge in [-0.15, -0.1) is 0 Å². The van der Waals surface area contributed by atoms with Crippen molar-refractivity contribution in [2.45, 2.75) is 18.9 Å². The van der Waals surface area contributed by atoms with Gasteiger partial charge in [-0.2, -0.15) is 0 Å². The number of halogens is 1. The summed E-state index contributed by atoms with van der Waals surface area (Å²) in [6, 6.07) is 12.4. The zero-order chi connectivity index (χ0) is 14.1. The van der Waals surface area contributed by atoms with Crippen molar-refractivity contribution in [3.63, 3.8) is 0 Å². The van der Waals surface area contributed by atoms with Crippen LogP contribution in [0.1, 0.15) is 22.6 Å². The molecule has 1 aliphatic carbocycles. The summed E-state index contributed by atoms with van der Waals surface area (Å²) in [4.78, 5) is 12.2. The number of hydrogen-bond acceptors (Lipinski definition) is 2. The smallest absolute Gasteiger partial charge is 0.232 e. The molecule has 0 fully saturated rings. The van der Waals surface area contributed by atoms with Crippen LogP contribution in [0.15, 0.2) is 42.5 Å². The first-order valence-corrected chi connectivity index (χ1v) is 6.56. The van der Waals surface area contributed by atoms with E-state index in [1.54, 1.807) is 12.1 Å². The van der Waals surface area contributed by atoms with E-state index >= 15 is 0 Å². The van der Waals surface area contributed by atoms with Crippen LogP contribution in [0.3, 0.4) is 0 Å². The van der Waals surface area contributed by atoms with E-state index in [4.69, 9.17) is 5.73 Å². The minimum atomic E-state index is -0.348. The number of nitrogens with one attached hydrogen (secondary N) is 1. The lowest BCUT2D eigenvalue weighted by molar-refractivity contribution is -0.118. The molecule has 1 aliphatic rings. The van der Waals surface area contributed by atoms with E-state index in [2.05, 4.69) is 5.32 Å². The standard InChI is InChI=1S/C16H15FN2O/c17-15-6-5-12(7-11(15)9-18)19-16(20)14-8-10-3-1-2-4-13(10)14/h1-7,14H,8-9,18H2,(H,19,20). The maximum Gasteiger partial charge on any atom is 0.232 e. The molecular weight excluding hydrogens is 255 g/mol. The van der Waals surface area contributed by atoms with Crippen molar-refractivity contribution in [2.24, 2.45) is 5.73 Å². The van der Waals surface area contributed by atoms with E-state index in [1.807, 2.05) is 24.3 Å². The van der Waals surface area contributed by atoms with E-state index in [0.717, 1.165) is 12.0 Å². The number of amides is 1. The van der Waals surface area contributed by atoms with Crippen LogP contribution in [-0.2, 0) is 17.8 Å². The van der Waals surface area contributed by atoms with Gasteiger partial charge >= 0.3 is 0 Å². The minimum absolute atomic E-state index is 0.0571. The Bertz CT molecular complexity index is 669. The molecule has 0 radical (unpaired) electrons. The topological polar surface area (TPSA) is 55.1 Å². The molecule has 2 aromatic rings. The van der Waals surface area contributed by atoms with Gasteiger partial charge in [0.15, 0.2) is 0 Å². The van der Waals surface area contributed by atoms with Crippen LogP contribution in [0, 0.1) is 5.82 Å². The van der Waals surface area contributed by atoms with Gasteiger partial charge in [0.1, 0.15) is 5.82 Å². The molecule has 0 aromatic heterocycles. The molecule has 3 rings (SSSR count). The number of anilines is 1. The highest BCUT2D eigenvalue weighted by molar-refractivity contribution is 5.97. The Kier molecular flexibility index (Phi) is 3.24. The average molecular weight is 270 g/mol. The number of benzene rings is 2. The SMILES string of the molecule is NCc1cc(NC(=O)C2Cc3ccccc32)ccc1F. The molecule has 1 amide bonds. The number of rotatable bonds is 3. The van der Waals surface area contributed by atoms with Gasteiger partial charge in [-0.25, -0.2) is 4.39 Å². The molecule has 0 heterocycles. The van der Waals surface area contributed by atoms with Crippen molar-refractivity contribution in [3.05, 3.63) is 65.0 Å². The monoisotopic (exact) mass is 270 g/mol. The van der Waals surface area contributed by atoms with Gasteiger partial charge in [0.05, 0.1) is 5.92 Å². The third-order valence-electron chi connectivity index (χ3n) is 3.70. The summed E-state index contributed by atoms with van der Waals surface area (Å²) in [6.45, 7) is 0.113. The number of hydrogen-bond donors (Lipinski definition) is 2. The van der Waals surface area contributed by atoms with E-state index in [9.17, 15) is 9.18 Å². The molecule has 1 atom stereocenters. The predicted molar refractivity (Wildman–Crippen MR) is 75.8 cm³/mol. The number of carbonyl (C=O) groups excluding carboxylic acids is 1. The third-order valence-corrected chi connectivity index (χ3v) is 3.70. The molecule has 1 unspecified atom stereocenters. The fraction of sp³-hybridized carbons (Fsp3) is 0.188. The Hall–Kier alpha value is -2.20. The fourth-order valence-corrected chi connectivity index (χ4v) is 2.53. The van der Waals surface area contributed by atoms with Gasteiger partial charge in [0, 0.05) is 17.8 Å². The Morgan fingerprint density at radius 2 is 2.10 bits per heavy atom. The highest BCUT2D eigenvalue weighted by Crippen LogP contribution is 2.35. The van der Waals surface area contributed by atoms with Crippen LogP contribution >= 0.6 is 0 Å². The second-order valence-corrected chi connectivity index (χ2v) is 4.96. The van der Waals surface area contributed by atoms with Gasteiger partial charge in [-0.1, -0.05) is 24.3 Å². The van der Waals surface area contributed by atoms with Crippen molar-refractivity contribution in [3.8, 4) is 0 Å². The lowest BCUT2D eigenvalue weighted by Crippen LogP contribution is -2.30. The Morgan fingerprint density at radius 1 is 1.30 bits per heavy atom. The molecule has 3 nitrogen and oxygen atoms in total. The van der Waals surface area contributed by atoms with E-state index < -0.39 is 0 Å². The molecule has 0 aliphatic heterocycles. The first-order chi connectivity index (χ1) is 9.69. The molecule has 2 aromatic carbocycles. The van der Waals surface area contributed by atoms with Gasteiger partial charge in [0.25, 0.3) is 0 Å². The van der Waals surface area contributed by atoms with Crippen LogP contribution in [0.25, 0.3) is 0 Å². The first kappa shape index (κ1) is 12.8. The Balaban J connectivity index is 1.75. The summed E-state index contributed by atoms with van der Waals surface area (Å²) in [7, 11) is 0. The van der Waals surface area contributed by atoms with E-state index in [1.165, 1.54) is 11.6 Å². The molecule has 3 N–H and O–H groups in total. The van der Waals surface area contributed by atoms with E-state index in [-0.39, 0.29) is 24.2 Å². The quantitative estimate of drug-likeness (QED) is 0.900. The summed E-state index contributed by atoms with van der Waals surface area (Å²) in [5, 5.41) is 2.83. The molecule has 0 spiro atoms. The third kappa shape index (κ3) is 2.18. The molecule has 4 heteroatoms. The Morgan fingerprint density at radius 3 is 2.85 bits per heavy atom. The second-order valence-electron chi connectivity index (χ2n) is 4.96. The lowest BCUT2D eigenvalue weighted by Gasteiger charge is -2.28. The fourth-order valence-electron chi connectivity index (χ4n) is 2.53.